The molecule has 5 nitrogen and oxygen atoms in total. The Kier molecular flexibility index (Phi) is 7.03. The normalized spacial score (nSPS) is 11.2. The van der Waals surface area contributed by atoms with Crippen LogP contribution < -0.4 is 16.0 Å². The molecule has 0 unspecified atom stereocenters. The van der Waals surface area contributed by atoms with Crippen molar-refractivity contribution in [3.05, 3.63) is 54.1 Å². The molecule has 150 valence electrons. The van der Waals surface area contributed by atoms with Crippen LogP contribution in [0.1, 0.15) is 25.8 Å². The second kappa shape index (κ2) is 9.25. The lowest BCUT2D eigenvalue weighted by Crippen LogP contribution is -2.22. The summed E-state index contributed by atoms with van der Waals surface area (Å²) in [5, 5.41) is 8.06. The third kappa shape index (κ3) is 6.94. The molecule has 2 aromatic carbocycles. The Morgan fingerprint density at radius 2 is 1.46 bits per heavy atom. The van der Waals surface area contributed by atoms with Crippen molar-refractivity contribution in [3.8, 4) is 0 Å². The molecule has 0 aliphatic rings. The third-order valence-electron chi connectivity index (χ3n) is 3.69. The molecule has 0 radical (unpaired) electrons. The van der Waals surface area contributed by atoms with Crippen molar-refractivity contribution in [1.29, 1.82) is 0 Å². The van der Waals surface area contributed by atoms with Gasteiger partial charge in [0.2, 0.25) is 11.8 Å². The lowest BCUT2D eigenvalue weighted by molar-refractivity contribution is -0.137. The molecular weight excluding hydrogens is 371 g/mol. The van der Waals surface area contributed by atoms with Crippen molar-refractivity contribution in [1.82, 2.24) is 0 Å². The summed E-state index contributed by atoms with van der Waals surface area (Å²) in [7, 11) is 0. The lowest BCUT2D eigenvalue weighted by Gasteiger charge is -2.11. The maximum absolute atomic E-state index is 12.7. The smallest absolute Gasteiger partial charge is 0.376 e. The molecule has 0 fully saturated rings. The molecule has 0 saturated carbocycles. The minimum absolute atomic E-state index is 0.0860. The van der Waals surface area contributed by atoms with E-state index in [1.165, 1.54) is 12.1 Å². The molecule has 2 amide bonds. The number of alkyl halides is 3. The van der Waals surface area contributed by atoms with Crippen molar-refractivity contribution in [2.24, 2.45) is 5.92 Å². The molecule has 0 saturated heterocycles. The summed E-state index contributed by atoms with van der Waals surface area (Å²) in [5.74, 6) is -0.242. The van der Waals surface area contributed by atoms with Crippen LogP contribution in [0.2, 0.25) is 0 Å². The highest BCUT2D eigenvalue weighted by molar-refractivity contribution is 5.94. The van der Waals surface area contributed by atoms with Crippen molar-refractivity contribution < 1.29 is 22.8 Å². The zero-order valence-corrected chi connectivity index (χ0v) is 15.6. The van der Waals surface area contributed by atoms with E-state index in [2.05, 4.69) is 16.0 Å². The van der Waals surface area contributed by atoms with E-state index in [4.69, 9.17) is 0 Å². The van der Waals surface area contributed by atoms with Gasteiger partial charge >= 0.3 is 6.18 Å². The number of hydrogen-bond donors (Lipinski definition) is 3. The maximum Gasteiger partial charge on any atom is 0.416 e. The fourth-order valence-corrected chi connectivity index (χ4v) is 2.41. The number of benzene rings is 2. The highest BCUT2D eigenvalue weighted by Gasteiger charge is 2.30. The van der Waals surface area contributed by atoms with Gasteiger partial charge in [-0.25, -0.2) is 0 Å². The van der Waals surface area contributed by atoms with E-state index in [1.807, 2.05) is 13.8 Å². The SMILES string of the molecule is CC(C)CC(=O)Nc1ccc(NC(=O)CNc2cccc(C(F)(F)F)c2)cc1. The van der Waals surface area contributed by atoms with Crippen molar-refractivity contribution in [2.45, 2.75) is 26.4 Å². The fraction of sp³-hybridized carbons (Fsp3) is 0.300. The van der Waals surface area contributed by atoms with Crippen LogP contribution in [0.15, 0.2) is 48.5 Å². The molecule has 0 heterocycles. The molecule has 0 bridgehead atoms. The zero-order chi connectivity index (χ0) is 20.7. The molecule has 28 heavy (non-hydrogen) atoms. The second-order valence-electron chi connectivity index (χ2n) is 6.70. The second-order valence-corrected chi connectivity index (χ2v) is 6.70. The number of hydrogen-bond acceptors (Lipinski definition) is 3. The number of carbonyl (C=O) groups excluding carboxylic acids is 2. The van der Waals surface area contributed by atoms with Crippen LogP contribution in [-0.4, -0.2) is 18.4 Å². The van der Waals surface area contributed by atoms with E-state index >= 15 is 0 Å². The van der Waals surface area contributed by atoms with Crippen LogP contribution in [0, 0.1) is 5.92 Å². The van der Waals surface area contributed by atoms with Crippen molar-refractivity contribution >= 4 is 28.9 Å². The molecule has 2 aromatic rings. The van der Waals surface area contributed by atoms with Gasteiger partial charge in [0.05, 0.1) is 12.1 Å². The molecule has 0 atom stereocenters. The Bertz CT molecular complexity index is 818. The summed E-state index contributed by atoms with van der Waals surface area (Å²) in [5.41, 5.74) is 0.546. The highest BCUT2D eigenvalue weighted by Crippen LogP contribution is 2.30. The Labute approximate surface area is 161 Å². The predicted octanol–water partition coefficient (Wildman–Crippen LogP) is 4.74. The fourth-order valence-electron chi connectivity index (χ4n) is 2.41. The Morgan fingerprint density at radius 3 is 2.00 bits per heavy atom. The molecule has 3 N–H and O–H groups in total. The molecule has 0 aromatic heterocycles. The standard InChI is InChI=1S/C20H22F3N3O2/c1-13(2)10-18(27)25-15-6-8-16(9-7-15)26-19(28)12-24-17-5-3-4-14(11-17)20(21,22)23/h3-9,11,13,24H,10,12H2,1-2H3,(H,25,27)(H,26,28). The van der Waals surface area contributed by atoms with E-state index in [-0.39, 0.29) is 24.1 Å². The monoisotopic (exact) mass is 393 g/mol. The number of nitrogens with one attached hydrogen (secondary N) is 3. The lowest BCUT2D eigenvalue weighted by atomic mass is 10.1. The number of halogens is 3. The van der Waals surface area contributed by atoms with Crippen LogP contribution in [0.3, 0.4) is 0 Å². The first-order valence-corrected chi connectivity index (χ1v) is 8.74. The summed E-state index contributed by atoms with van der Waals surface area (Å²) in [6.07, 6.45) is -4.02. The topological polar surface area (TPSA) is 70.2 Å². The Morgan fingerprint density at radius 1 is 0.893 bits per heavy atom. The van der Waals surface area contributed by atoms with Crippen LogP contribution in [0.5, 0.6) is 0 Å². The Balaban J connectivity index is 1.85. The first kappa shape index (κ1) is 21.3. The zero-order valence-electron chi connectivity index (χ0n) is 15.6. The first-order valence-electron chi connectivity index (χ1n) is 8.74. The van der Waals surface area contributed by atoms with Gasteiger partial charge in [0, 0.05) is 23.5 Å². The molecule has 0 aliphatic carbocycles. The third-order valence-corrected chi connectivity index (χ3v) is 3.69. The van der Waals surface area contributed by atoms with Gasteiger partial charge in [-0.2, -0.15) is 13.2 Å². The van der Waals surface area contributed by atoms with E-state index < -0.39 is 17.6 Å². The largest absolute Gasteiger partial charge is 0.416 e. The van der Waals surface area contributed by atoms with Crippen LogP contribution in [0.4, 0.5) is 30.2 Å². The van der Waals surface area contributed by atoms with Gasteiger partial charge in [-0.05, 0) is 48.4 Å². The van der Waals surface area contributed by atoms with Gasteiger partial charge in [-0.1, -0.05) is 19.9 Å². The van der Waals surface area contributed by atoms with Crippen LogP contribution in [0.25, 0.3) is 0 Å². The number of carbonyl (C=O) groups is 2. The minimum Gasteiger partial charge on any atom is -0.376 e. The van der Waals surface area contributed by atoms with Gasteiger partial charge in [0.25, 0.3) is 0 Å². The summed E-state index contributed by atoms with van der Waals surface area (Å²) >= 11 is 0. The first-order chi connectivity index (χ1) is 13.1. The summed E-state index contributed by atoms with van der Waals surface area (Å²) in [4.78, 5) is 23.7. The van der Waals surface area contributed by atoms with E-state index in [9.17, 15) is 22.8 Å². The molecule has 2 rings (SSSR count). The van der Waals surface area contributed by atoms with Crippen molar-refractivity contribution in [3.63, 3.8) is 0 Å². The summed E-state index contributed by atoms with van der Waals surface area (Å²) in [6.45, 7) is 3.71. The van der Waals surface area contributed by atoms with Gasteiger partial charge in [0.15, 0.2) is 0 Å². The molecular formula is C20H22F3N3O2. The van der Waals surface area contributed by atoms with E-state index in [0.717, 1.165) is 12.1 Å². The Hall–Kier alpha value is -3.03. The quantitative estimate of drug-likeness (QED) is 0.636. The summed E-state index contributed by atoms with van der Waals surface area (Å²) < 4.78 is 38.1. The van der Waals surface area contributed by atoms with Crippen LogP contribution in [-0.2, 0) is 15.8 Å². The number of anilines is 3. The van der Waals surface area contributed by atoms with Gasteiger partial charge in [-0.15, -0.1) is 0 Å². The van der Waals surface area contributed by atoms with E-state index in [0.29, 0.717) is 17.8 Å². The molecule has 0 spiro atoms. The van der Waals surface area contributed by atoms with Crippen molar-refractivity contribution in [2.75, 3.05) is 22.5 Å². The average Bonchev–Trinajstić information content (AvgIpc) is 2.60. The van der Waals surface area contributed by atoms with E-state index in [1.54, 1.807) is 24.3 Å². The number of rotatable bonds is 7. The maximum atomic E-state index is 12.7. The van der Waals surface area contributed by atoms with Gasteiger partial charge in [0.1, 0.15) is 0 Å². The summed E-state index contributed by atoms with van der Waals surface area (Å²) in [6, 6.07) is 11.2. The average molecular weight is 393 g/mol. The molecule has 8 heteroatoms. The van der Waals surface area contributed by atoms with Gasteiger partial charge < -0.3 is 16.0 Å². The van der Waals surface area contributed by atoms with Gasteiger partial charge in [-0.3, -0.25) is 9.59 Å². The highest BCUT2D eigenvalue weighted by atomic mass is 19.4. The minimum atomic E-state index is -4.44. The molecule has 0 aliphatic heterocycles. The van der Waals surface area contributed by atoms with Crippen LogP contribution >= 0.6 is 0 Å². The predicted molar refractivity (Wildman–Crippen MR) is 103 cm³/mol. The number of amides is 2.